The minimum atomic E-state index is -0.299. The van der Waals surface area contributed by atoms with Gasteiger partial charge in [-0.25, -0.2) is 4.98 Å². The monoisotopic (exact) mass is 404 g/mol. The summed E-state index contributed by atoms with van der Waals surface area (Å²) in [4.78, 5) is 6.84. The van der Waals surface area contributed by atoms with Gasteiger partial charge in [0.15, 0.2) is 0 Å². The summed E-state index contributed by atoms with van der Waals surface area (Å²) in [6.07, 6.45) is 4.23. The standard InChI is InChI=1S/C23H24N4O3/c24-23(25)29-14-20-18-11-16(4-3-15-1-2-15)5-6-21(18)30-22-19(20)12-17(13-26-22)27-7-9-28-10-8-27/h5-6,11-13,15,20H,1-2,7-10,14H2,(H3,24,25). The maximum atomic E-state index is 7.51. The van der Waals surface area contributed by atoms with Crippen molar-refractivity contribution in [3.63, 3.8) is 0 Å². The third kappa shape index (κ3) is 3.91. The zero-order valence-electron chi connectivity index (χ0n) is 16.7. The minimum Gasteiger partial charge on any atom is -0.465 e. The molecule has 1 unspecified atom stereocenters. The molecule has 2 aliphatic heterocycles. The van der Waals surface area contributed by atoms with Gasteiger partial charge in [-0.15, -0.1) is 0 Å². The molecule has 1 atom stereocenters. The van der Waals surface area contributed by atoms with Gasteiger partial charge in [0, 0.05) is 35.7 Å². The number of morpholine rings is 1. The van der Waals surface area contributed by atoms with Crippen molar-refractivity contribution in [2.75, 3.05) is 37.8 Å². The van der Waals surface area contributed by atoms with Crippen molar-refractivity contribution < 1.29 is 14.2 Å². The summed E-state index contributed by atoms with van der Waals surface area (Å²) in [5, 5.41) is 7.51. The molecular weight excluding hydrogens is 380 g/mol. The average Bonchev–Trinajstić information content (AvgIpc) is 3.60. The number of anilines is 1. The predicted octanol–water partition coefficient (Wildman–Crippen LogP) is 2.83. The number of hydrogen-bond acceptors (Lipinski definition) is 6. The third-order valence-corrected chi connectivity index (χ3v) is 5.61. The van der Waals surface area contributed by atoms with E-state index < -0.39 is 0 Å². The number of amidine groups is 1. The second-order valence-electron chi connectivity index (χ2n) is 7.81. The molecule has 30 heavy (non-hydrogen) atoms. The lowest BCUT2D eigenvalue weighted by Crippen LogP contribution is -2.36. The Kier molecular flexibility index (Phi) is 4.93. The number of hydrogen-bond donors (Lipinski definition) is 2. The van der Waals surface area contributed by atoms with Crippen LogP contribution in [0.5, 0.6) is 11.6 Å². The first-order chi connectivity index (χ1) is 14.7. The smallest absolute Gasteiger partial charge is 0.279 e. The van der Waals surface area contributed by atoms with Gasteiger partial charge >= 0.3 is 0 Å². The number of nitrogens with zero attached hydrogens (tertiary/aromatic N) is 2. The summed E-state index contributed by atoms with van der Waals surface area (Å²) in [6, 6.07) is 7.78. The Labute approximate surface area is 175 Å². The van der Waals surface area contributed by atoms with E-state index in [9.17, 15) is 0 Å². The Balaban J connectivity index is 1.51. The van der Waals surface area contributed by atoms with Gasteiger partial charge in [0.2, 0.25) is 5.88 Å². The molecule has 3 aliphatic rings. The number of ether oxygens (including phenoxy) is 3. The van der Waals surface area contributed by atoms with Crippen LogP contribution in [0.15, 0.2) is 30.5 Å². The van der Waals surface area contributed by atoms with Gasteiger partial charge in [-0.1, -0.05) is 11.8 Å². The molecule has 154 valence electrons. The number of aromatic nitrogens is 1. The molecular formula is C23H24N4O3. The van der Waals surface area contributed by atoms with Crippen molar-refractivity contribution in [2.45, 2.75) is 18.8 Å². The van der Waals surface area contributed by atoms with E-state index in [1.807, 2.05) is 18.3 Å². The predicted molar refractivity (Wildman–Crippen MR) is 113 cm³/mol. The highest BCUT2D eigenvalue weighted by molar-refractivity contribution is 5.68. The second kappa shape index (κ2) is 7.88. The highest BCUT2D eigenvalue weighted by atomic mass is 16.5. The van der Waals surface area contributed by atoms with E-state index in [-0.39, 0.29) is 18.5 Å². The summed E-state index contributed by atoms with van der Waals surface area (Å²) < 4.78 is 17.0. The average molecular weight is 404 g/mol. The number of nitrogens with two attached hydrogens (primary N) is 1. The number of rotatable bonds is 3. The van der Waals surface area contributed by atoms with Crippen LogP contribution in [0.4, 0.5) is 5.69 Å². The number of pyridine rings is 1. The molecule has 3 heterocycles. The van der Waals surface area contributed by atoms with Crippen LogP contribution in [-0.4, -0.2) is 43.9 Å². The van der Waals surface area contributed by atoms with Crippen LogP contribution in [0.3, 0.4) is 0 Å². The fourth-order valence-electron chi connectivity index (χ4n) is 3.82. The zero-order valence-corrected chi connectivity index (χ0v) is 16.7. The van der Waals surface area contributed by atoms with Gasteiger partial charge in [-0.3, -0.25) is 5.41 Å². The first-order valence-electron chi connectivity index (χ1n) is 10.3. The third-order valence-electron chi connectivity index (χ3n) is 5.61. The van der Waals surface area contributed by atoms with Crippen molar-refractivity contribution in [1.29, 1.82) is 5.41 Å². The number of benzene rings is 1. The molecule has 0 amide bonds. The highest BCUT2D eigenvalue weighted by Crippen LogP contribution is 2.44. The maximum absolute atomic E-state index is 7.51. The maximum Gasteiger partial charge on any atom is 0.279 e. The van der Waals surface area contributed by atoms with Crippen LogP contribution in [0.25, 0.3) is 0 Å². The van der Waals surface area contributed by atoms with Crippen LogP contribution in [-0.2, 0) is 9.47 Å². The van der Waals surface area contributed by atoms with Gasteiger partial charge < -0.3 is 24.8 Å². The largest absolute Gasteiger partial charge is 0.465 e. The van der Waals surface area contributed by atoms with Crippen LogP contribution >= 0.6 is 0 Å². The van der Waals surface area contributed by atoms with Crippen molar-refractivity contribution >= 4 is 11.7 Å². The summed E-state index contributed by atoms with van der Waals surface area (Å²) in [5.41, 5.74) is 9.38. The normalized spacial score (nSPS) is 19.6. The van der Waals surface area contributed by atoms with Crippen molar-refractivity contribution in [2.24, 2.45) is 11.7 Å². The van der Waals surface area contributed by atoms with E-state index in [4.69, 9.17) is 25.4 Å². The summed E-state index contributed by atoms with van der Waals surface area (Å²) in [7, 11) is 0. The molecule has 0 radical (unpaired) electrons. The van der Waals surface area contributed by atoms with Gasteiger partial charge in [0.25, 0.3) is 6.02 Å². The molecule has 1 aromatic carbocycles. The summed E-state index contributed by atoms with van der Waals surface area (Å²) in [5.74, 6) is 8.28. The molecule has 7 heteroatoms. The molecule has 1 saturated heterocycles. The van der Waals surface area contributed by atoms with Gasteiger partial charge in [-0.2, -0.15) is 0 Å². The number of fused-ring (bicyclic) bond motifs is 2. The molecule has 3 N–H and O–H groups in total. The molecule has 7 nitrogen and oxygen atoms in total. The molecule has 5 rings (SSSR count). The zero-order chi connectivity index (χ0) is 20.5. The van der Waals surface area contributed by atoms with Crippen molar-refractivity contribution in [3.8, 4) is 23.5 Å². The van der Waals surface area contributed by atoms with Crippen molar-refractivity contribution in [1.82, 2.24) is 4.98 Å². The molecule has 0 spiro atoms. The summed E-state index contributed by atoms with van der Waals surface area (Å²) in [6.45, 7) is 3.31. The highest BCUT2D eigenvalue weighted by Gasteiger charge is 2.30. The van der Waals surface area contributed by atoms with Crippen LogP contribution in [0.1, 0.15) is 35.4 Å². The molecule has 2 aromatic rings. The van der Waals surface area contributed by atoms with Gasteiger partial charge in [0.05, 0.1) is 31.0 Å². The van der Waals surface area contributed by atoms with E-state index in [0.29, 0.717) is 25.0 Å². The lowest BCUT2D eigenvalue weighted by atomic mass is 9.88. The Morgan fingerprint density at radius 2 is 2.07 bits per heavy atom. The lowest BCUT2D eigenvalue weighted by molar-refractivity contribution is 0.122. The molecule has 1 aromatic heterocycles. The SMILES string of the molecule is N=C(N)OCC1c2cc(C#CC3CC3)ccc2Oc2ncc(N3CCOCC3)cc21. The van der Waals surface area contributed by atoms with Crippen LogP contribution in [0, 0.1) is 23.2 Å². The molecule has 2 fully saturated rings. The van der Waals surface area contributed by atoms with Gasteiger partial charge in [0.1, 0.15) is 12.4 Å². The summed E-state index contributed by atoms with van der Waals surface area (Å²) >= 11 is 0. The first-order valence-corrected chi connectivity index (χ1v) is 10.3. The molecule has 1 aliphatic carbocycles. The van der Waals surface area contributed by atoms with Crippen molar-refractivity contribution in [3.05, 3.63) is 47.2 Å². The Bertz CT molecular complexity index is 1030. The van der Waals surface area contributed by atoms with E-state index >= 15 is 0 Å². The molecule has 0 bridgehead atoms. The molecule has 1 saturated carbocycles. The fourth-order valence-corrected chi connectivity index (χ4v) is 3.82. The number of nitrogens with one attached hydrogen (secondary N) is 1. The quantitative estimate of drug-likeness (QED) is 0.464. The van der Waals surface area contributed by atoms with Crippen LogP contribution < -0.4 is 15.4 Å². The second-order valence-corrected chi connectivity index (χ2v) is 7.81. The van der Waals surface area contributed by atoms with Gasteiger partial charge in [-0.05, 0) is 37.1 Å². The minimum absolute atomic E-state index is 0.149. The fraction of sp³-hybridized carbons (Fsp3) is 0.391. The van der Waals surface area contributed by atoms with E-state index in [1.165, 1.54) is 12.8 Å². The van der Waals surface area contributed by atoms with Crippen LogP contribution in [0.2, 0.25) is 0 Å². The lowest BCUT2D eigenvalue weighted by Gasteiger charge is -2.31. The van der Waals surface area contributed by atoms with E-state index in [1.54, 1.807) is 0 Å². The van der Waals surface area contributed by atoms with E-state index in [0.717, 1.165) is 41.2 Å². The Hall–Kier alpha value is -3.24. The first kappa shape index (κ1) is 18.8. The Morgan fingerprint density at radius 3 is 2.83 bits per heavy atom. The Morgan fingerprint density at radius 1 is 1.23 bits per heavy atom. The topological polar surface area (TPSA) is 93.7 Å². The van der Waals surface area contributed by atoms with E-state index in [2.05, 4.69) is 33.9 Å².